The van der Waals surface area contributed by atoms with E-state index in [4.69, 9.17) is 11.6 Å². The van der Waals surface area contributed by atoms with Gasteiger partial charge in [-0.1, -0.05) is 82.2 Å². The Kier molecular flexibility index (Phi) is 28.3. The standard InChI is InChI=1S/C71H96ClF9N12O12/c1-10-42(2)58-65(103)87(5)40-56(96)85(3)41-57(97)88(6)51(36-44-22-26-46(27-23-44)70(76,77)78)63(101)86(4)39-54(94)82-49(29-25-43-24-28-47(48(72)35-43)71(79,80)81)62(100)93-34-18-21-50(93)61(99)84-68(30-14-15-31-68)67(105)91(9)59(45-19-12-11-13-20-45)66(104)90(8)52(64(102)92-32-16-17-33-92)37-55(95)89(7)53(60(98)83-58)38-69(73,74)75/h22-24,26-28,35,42,45,49-53,58-59H,10-21,25,29-34,36-41H2,1-9H3,(H,82,94)(H,83,98)(H,84,99)/t42-,49-,50?,51-,52-,53-,58-,59-/m0/s1. The second-order valence-corrected chi connectivity index (χ2v) is 29.1. The van der Waals surface area contributed by atoms with Gasteiger partial charge in [-0.2, -0.15) is 39.5 Å². The number of amides is 12. The number of hydrogen-bond acceptors (Lipinski definition) is 12. The second kappa shape index (κ2) is 35.4. The lowest BCUT2D eigenvalue weighted by molar-refractivity contribution is -0.163. The van der Waals surface area contributed by atoms with Crippen molar-refractivity contribution in [2.45, 2.75) is 202 Å². The average Bonchev–Trinajstić information content (AvgIpc) is 1.76. The number of fused-ring (bicyclic) bond motifs is 1. The van der Waals surface area contributed by atoms with Gasteiger partial charge in [0.1, 0.15) is 47.8 Å². The highest BCUT2D eigenvalue weighted by atomic mass is 35.5. The number of hydrogen-bond donors (Lipinski definition) is 3. The van der Waals surface area contributed by atoms with Gasteiger partial charge in [0.25, 0.3) is 0 Å². The van der Waals surface area contributed by atoms with Gasteiger partial charge < -0.3 is 60.0 Å². The van der Waals surface area contributed by atoms with E-state index in [1.165, 1.54) is 35.7 Å². The molecule has 105 heavy (non-hydrogen) atoms. The number of carbonyl (C=O) groups is 12. The van der Waals surface area contributed by atoms with Crippen molar-refractivity contribution < 1.29 is 97.0 Å². The highest BCUT2D eigenvalue weighted by Gasteiger charge is 2.52. The van der Waals surface area contributed by atoms with Crippen LogP contribution >= 0.6 is 11.6 Å². The molecule has 2 aromatic rings. The number of likely N-dealkylation sites (tertiary alicyclic amines) is 1. The SMILES string of the molecule is CC[C@H](C)[C@@H]1NC(=O)[C@H](CC(F)(F)F)N(C)C(=O)C[C@@H](C(=O)N2CCCC2)N(C)C(=O)[C@H](C2CCCCC2)N(C)C(=O)C2(CCCC2)NC(=O)C2CCCN2C(=O)[C@H](CCc2ccc(C(F)(F)F)c(Cl)c2)NC(=O)CN(C)C(=O)[C@H](Cc2ccc(C(F)(F)F)cc2)N(C)C(=O)CN(C)C(=O)CN(C)C1=O. The molecule has 5 fully saturated rings. The van der Waals surface area contributed by atoms with E-state index >= 15 is 19.2 Å². The Hall–Kier alpha value is -8.26. The Morgan fingerprint density at radius 1 is 0.590 bits per heavy atom. The van der Waals surface area contributed by atoms with E-state index in [9.17, 15) is 77.9 Å². The molecule has 2 aromatic carbocycles. The van der Waals surface area contributed by atoms with Crippen LogP contribution in [-0.2, 0) is 82.7 Å². The van der Waals surface area contributed by atoms with E-state index in [0.29, 0.717) is 56.3 Å². The Labute approximate surface area is 609 Å². The minimum atomic E-state index is -5.14. The van der Waals surface area contributed by atoms with E-state index in [1.54, 1.807) is 6.92 Å². The van der Waals surface area contributed by atoms with Crippen LogP contribution in [0.25, 0.3) is 0 Å². The first-order valence-corrected chi connectivity index (χ1v) is 35.9. The molecule has 5 aliphatic rings. The first-order chi connectivity index (χ1) is 49.1. The first kappa shape index (κ1) is 84.0. The van der Waals surface area contributed by atoms with Gasteiger partial charge >= 0.3 is 18.5 Å². The van der Waals surface area contributed by atoms with Crippen molar-refractivity contribution in [1.82, 2.24) is 60.0 Å². The summed E-state index contributed by atoms with van der Waals surface area (Å²) in [6, 6.07) is -5.26. The van der Waals surface area contributed by atoms with Crippen molar-refractivity contribution in [2.75, 3.05) is 88.6 Å². The number of aryl methyl sites for hydroxylation is 1. The summed E-state index contributed by atoms with van der Waals surface area (Å²) in [5.74, 6) is -12.9. The highest BCUT2D eigenvalue weighted by molar-refractivity contribution is 6.31. The number of benzene rings is 2. The van der Waals surface area contributed by atoms with Gasteiger partial charge in [0.05, 0.1) is 48.6 Å². The second-order valence-electron chi connectivity index (χ2n) is 28.7. The summed E-state index contributed by atoms with van der Waals surface area (Å²) in [5, 5.41) is 7.26. The smallest absolute Gasteiger partial charge is 0.343 e. The molecule has 0 radical (unpaired) electrons. The molecule has 3 heterocycles. The van der Waals surface area contributed by atoms with Crippen LogP contribution < -0.4 is 16.0 Å². The van der Waals surface area contributed by atoms with E-state index in [1.807, 2.05) is 0 Å². The summed E-state index contributed by atoms with van der Waals surface area (Å²) in [4.78, 5) is 186. The van der Waals surface area contributed by atoms with E-state index < -0.39 is 204 Å². The molecule has 8 atom stereocenters. The third-order valence-electron chi connectivity index (χ3n) is 21.3. The summed E-state index contributed by atoms with van der Waals surface area (Å²) in [5.41, 5.74) is -3.65. The molecule has 24 nitrogen and oxygen atoms in total. The minimum absolute atomic E-state index is 0.0197. The lowest BCUT2D eigenvalue weighted by Crippen LogP contribution is -2.65. The van der Waals surface area contributed by atoms with Crippen LogP contribution in [0.5, 0.6) is 0 Å². The molecule has 1 unspecified atom stereocenters. The van der Waals surface area contributed by atoms with Crippen molar-refractivity contribution in [3.05, 3.63) is 69.7 Å². The van der Waals surface area contributed by atoms with Crippen LogP contribution in [0.1, 0.15) is 145 Å². The fourth-order valence-corrected chi connectivity index (χ4v) is 15.0. The van der Waals surface area contributed by atoms with E-state index in [0.717, 1.165) is 109 Å². The maximum Gasteiger partial charge on any atom is 0.417 e. The maximum atomic E-state index is 15.6. The van der Waals surface area contributed by atoms with E-state index in [2.05, 4.69) is 16.0 Å². The quantitative estimate of drug-likeness (QED) is 0.224. The van der Waals surface area contributed by atoms with Gasteiger partial charge in [-0.25, -0.2) is 0 Å². The number of rotatable bonds is 10. The molecule has 12 amide bonds. The zero-order valence-corrected chi connectivity index (χ0v) is 61.4. The molecule has 3 aliphatic heterocycles. The van der Waals surface area contributed by atoms with Crippen LogP contribution in [-0.4, -0.2) is 258 Å². The number of alkyl halides is 9. The van der Waals surface area contributed by atoms with Gasteiger partial charge in [0, 0.05) is 75.4 Å². The van der Waals surface area contributed by atoms with Gasteiger partial charge in [-0.05, 0) is 111 Å². The fraction of sp³-hybridized carbons (Fsp3) is 0.662. The number of carbonyl (C=O) groups excluding carboxylic acids is 12. The van der Waals surface area contributed by atoms with E-state index in [-0.39, 0.29) is 75.7 Å². The van der Waals surface area contributed by atoms with Crippen LogP contribution in [0, 0.1) is 11.8 Å². The summed E-state index contributed by atoms with van der Waals surface area (Å²) < 4.78 is 127. The molecule has 3 N–H and O–H groups in total. The summed E-state index contributed by atoms with van der Waals surface area (Å²) in [6.07, 6.45) is -13.6. The van der Waals surface area contributed by atoms with Crippen molar-refractivity contribution in [2.24, 2.45) is 11.8 Å². The molecule has 2 saturated carbocycles. The van der Waals surface area contributed by atoms with Crippen molar-refractivity contribution in [3.63, 3.8) is 0 Å². The number of nitrogens with one attached hydrogen (secondary N) is 3. The Morgan fingerprint density at radius 2 is 1.18 bits per heavy atom. The maximum absolute atomic E-state index is 15.6. The molecular formula is C71H96ClF9N12O12. The van der Waals surface area contributed by atoms with Crippen LogP contribution in [0.2, 0.25) is 5.02 Å². The minimum Gasteiger partial charge on any atom is -0.343 e. The van der Waals surface area contributed by atoms with Crippen molar-refractivity contribution in [1.29, 1.82) is 0 Å². The number of likely N-dealkylation sites (N-methyl/N-ethyl adjacent to an activating group) is 7. The molecule has 3 saturated heterocycles. The van der Waals surface area contributed by atoms with Crippen LogP contribution in [0.3, 0.4) is 0 Å². The Morgan fingerprint density at radius 3 is 1.76 bits per heavy atom. The van der Waals surface area contributed by atoms with Crippen LogP contribution in [0.15, 0.2) is 42.5 Å². The fourth-order valence-electron chi connectivity index (χ4n) is 14.7. The highest BCUT2D eigenvalue weighted by Crippen LogP contribution is 2.39. The number of nitrogens with zero attached hydrogens (tertiary/aromatic N) is 9. The Bertz CT molecular complexity index is 3510. The van der Waals surface area contributed by atoms with Gasteiger partial charge in [-0.3, -0.25) is 57.5 Å². The molecule has 582 valence electrons. The molecular weight excluding hydrogens is 1420 g/mol. The molecule has 34 heteroatoms. The topological polar surface area (TPSA) is 270 Å². The zero-order chi connectivity index (χ0) is 78.0. The summed E-state index contributed by atoms with van der Waals surface area (Å²) in [7, 11) is 8.08. The van der Waals surface area contributed by atoms with Gasteiger partial charge in [0.15, 0.2) is 0 Å². The van der Waals surface area contributed by atoms with Crippen molar-refractivity contribution in [3.8, 4) is 0 Å². The summed E-state index contributed by atoms with van der Waals surface area (Å²) >= 11 is 6.11. The largest absolute Gasteiger partial charge is 0.417 e. The van der Waals surface area contributed by atoms with Gasteiger partial charge in [-0.15, -0.1) is 0 Å². The third-order valence-corrected chi connectivity index (χ3v) is 21.6. The molecule has 2 aliphatic carbocycles. The molecule has 0 aromatic heterocycles. The van der Waals surface area contributed by atoms with Crippen LogP contribution in [0.4, 0.5) is 39.5 Å². The first-order valence-electron chi connectivity index (χ1n) is 35.5. The third kappa shape index (κ3) is 21.1. The molecule has 7 rings (SSSR count). The molecule has 0 bridgehead atoms. The Balaban J connectivity index is 1.31. The normalized spacial score (nSPS) is 25.3. The lowest BCUT2D eigenvalue weighted by Gasteiger charge is -2.43. The summed E-state index contributed by atoms with van der Waals surface area (Å²) in [6.45, 7) is 0.835. The van der Waals surface area contributed by atoms with Crippen molar-refractivity contribution >= 4 is 82.5 Å². The lowest BCUT2D eigenvalue weighted by atomic mass is 9.81. The van der Waals surface area contributed by atoms with Gasteiger partial charge in [0.2, 0.25) is 70.9 Å². The monoisotopic (exact) mass is 1510 g/mol. The predicted octanol–water partition coefficient (Wildman–Crippen LogP) is 6.23. The average molecular weight is 1520 g/mol. The predicted molar refractivity (Wildman–Crippen MR) is 364 cm³/mol. The number of halogens is 10. The molecule has 1 spiro atoms. The zero-order valence-electron chi connectivity index (χ0n) is 60.6.